The summed E-state index contributed by atoms with van der Waals surface area (Å²) in [6, 6.07) is 10.6. The Balaban J connectivity index is 1.52. The van der Waals surface area contributed by atoms with Crippen LogP contribution in [0.4, 0.5) is 0 Å². The molecule has 2 atom stereocenters. The van der Waals surface area contributed by atoms with Crippen molar-refractivity contribution in [1.82, 2.24) is 10.2 Å². The molecule has 0 radical (unpaired) electrons. The molecule has 25 heavy (non-hydrogen) atoms. The molecule has 4 heteroatoms. The van der Waals surface area contributed by atoms with Gasteiger partial charge in [0.25, 0.3) is 0 Å². The van der Waals surface area contributed by atoms with Crippen molar-refractivity contribution >= 4 is 5.91 Å². The first kappa shape index (κ1) is 18.4. The van der Waals surface area contributed by atoms with E-state index in [1.54, 1.807) is 0 Å². The van der Waals surface area contributed by atoms with Crippen molar-refractivity contribution in [2.75, 3.05) is 13.1 Å². The predicted molar refractivity (Wildman–Crippen MR) is 100 cm³/mol. The minimum absolute atomic E-state index is 0.106. The Morgan fingerprint density at radius 2 is 1.72 bits per heavy atom. The molecule has 1 saturated carbocycles. The van der Waals surface area contributed by atoms with Crippen LogP contribution in [0.25, 0.3) is 0 Å². The number of nitrogens with zero attached hydrogens (tertiary/aromatic N) is 1. The van der Waals surface area contributed by atoms with Crippen molar-refractivity contribution in [2.45, 2.75) is 76.0 Å². The van der Waals surface area contributed by atoms with Gasteiger partial charge < -0.3 is 10.4 Å². The monoisotopic (exact) mass is 344 g/mol. The summed E-state index contributed by atoms with van der Waals surface area (Å²) in [5.74, 6) is 0.106. The summed E-state index contributed by atoms with van der Waals surface area (Å²) in [4.78, 5) is 15.2. The first-order valence-corrected chi connectivity index (χ1v) is 9.77. The molecule has 2 unspecified atom stereocenters. The van der Waals surface area contributed by atoms with E-state index in [4.69, 9.17) is 0 Å². The van der Waals surface area contributed by atoms with Crippen LogP contribution < -0.4 is 5.32 Å². The third-order valence-electron chi connectivity index (χ3n) is 6.09. The number of benzene rings is 1. The summed E-state index contributed by atoms with van der Waals surface area (Å²) < 4.78 is 0. The fourth-order valence-corrected chi connectivity index (χ4v) is 4.24. The summed E-state index contributed by atoms with van der Waals surface area (Å²) in [6.07, 6.45) is 6.20. The molecule has 3 rings (SSSR count). The number of carbonyl (C=O) groups is 1. The Hall–Kier alpha value is -1.39. The van der Waals surface area contributed by atoms with Gasteiger partial charge in [-0.05, 0) is 45.1 Å². The predicted octanol–water partition coefficient (Wildman–Crippen LogP) is 2.85. The summed E-state index contributed by atoms with van der Waals surface area (Å²) in [5.41, 5.74) is 0.535. The van der Waals surface area contributed by atoms with Gasteiger partial charge in [0.1, 0.15) is 0 Å². The average Bonchev–Trinajstić information content (AvgIpc) is 2.63. The Bertz CT molecular complexity index is 565. The molecular formula is C21H32N2O2. The number of piperidine rings is 1. The van der Waals surface area contributed by atoms with Gasteiger partial charge in [-0.3, -0.25) is 9.69 Å². The van der Waals surface area contributed by atoms with E-state index in [0.717, 1.165) is 50.8 Å². The number of aliphatic hydroxyl groups excluding tert-OH is 1. The first-order chi connectivity index (χ1) is 12.0. The number of amides is 1. The fourth-order valence-electron chi connectivity index (χ4n) is 4.24. The van der Waals surface area contributed by atoms with Crippen LogP contribution in [0.5, 0.6) is 0 Å². The number of hydrogen-bond acceptors (Lipinski definition) is 3. The number of rotatable bonds is 4. The Labute approximate surface area is 151 Å². The highest BCUT2D eigenvalue weighted by Gasteiger charge is 2.34. The van der Waals surface area contributed by atoms with Crippen molar-refractivity contribution in [3.63, 3.8) is 0 Å². The molecule has 1 aliphatic carbocycles. The molecule has 4 nitrogen and oxygen atoms in total. The molecule has 1 aromatic carbocycles. The molecule has 0 spiro atoms. The van der Waals surface area contributed by atoms with Crippen LogP contribution in [0.15, 0.2) is 30.3 Å². The highest BCUT2D eigenvalue weighted by atomic mass is 16.3. The average molecular weight is 344 g/mol. The maximum Gasteiger partial charge on any atom is 0.230 e. The van der Waals surface area contributed by atoms with E-state index in [0.29, 0.717) is 6.04 Å². The molecule has 1 aliphatic heterocycles. The van der Waals surface area contributed by atoms with Gasteiger partial charge >= 0.3 is 0 Å². The molecule has 1 heterocycles. The molecule has 1 amide bonds. The number of hydrogen-bond donors (Lipinski definition) is 2. The summed E-state index contributed by atoms with van der Waals surface area (Å²) in [5, 5.41) is 13.5. The third-order valence-corrected chi connectivity index (χ3v) is 6.09. The molecule has 2 aliphatic rings. The zero-order chi connectivity index (χ0) is 17.9. The number of nitrogens with one attached hydrogen (secondary N) is 1. The lowest BCUT2D eigenvalue weighted by atomic mass is 9.83. The molecule has 2 fully saturated rings. The maximum atomic E-state index is 12.8. The van der Waals surface area contributed by atoms with Crippen molar-refractivity contribution < 1.29 is 9.90 Å². The molecular weight excluding hydrogens is 312 g/mol. The van der Waals surface area contributed by atoms with Crippen LogP contribution in [-0.2, 0) is 10.2 Å². The highest BCUT2D eigenvalue weighted by Crippen LogP contribution is 2.27. The van der Waals surface area contributed by atoms with Crippen LogP contribution in [0.3, 0.4) is 0 Å². The van der Waals surface area contributed by atoms with E-state index < -0.39 is 5.41 Å². The van der Waals surface area contributed by atoms with Crippen molar-refractivity contribution in [3.05, 3.63) is 35.9 Å². The standard InChI is InChI=1S/C21H32N2O2/c1-21(2,16-8-4-3-5-9-16)20(25)22-17-12-14-23(15-13-17)18-10-6-7-11-19(18)24/h3-5,8-9,17-19,24H,6-7,10-15H2,1-2H3,(H,22,25). The molecule has 138 valence electrons. The van der Waals surface area contributed by atoms with Gasteiger partial charge in [-0.25, -0.2) is 0 Å². The summed E-state index contributed by atoms with van der Waals surface area (Å²) in [7, 11) is 0. The third kappa shape index (κ3) is 4.24. The highest BCUT2D eigenvalue weighted by molar-refractivity contribution is 5.87. The zero-order valence-corrected chi connectivity index (χ0v) is 15.6. The second-order valence-electron chi connectivity index (χ2n) is 8.19. The molecule has 1 saturated heterocycles. The smallest absolute Gasteiger partial charge is 0.230 e. The Kier molecular flexibility index (Phi) is 5.80. The van der Waals surface area contributed by atoms with Crippen LogP contribution in [0.1, 0.15) is 57.9 Å². The maximum absolute atomic E-state index is 12.8. The van der Waals surface area contributed by atoms with Crippen molar-refractivity contribution in [1.29, 1.82) is 0 Å². The van der Waals surface area contributed by atoms with Crippen molar-refractivity contribution in [3.8, 4) is 0 Å². The van der Waals surface area contributed by atoms with E-state index in [1.165, 1.54) is 6.42 Å². The van der Waals surface area contributed by atoms with E-state index in [2.05, 4.69) is 10.2 Å². The molecule has 1 aromatic rings. The van der Waals surface area contributed by atoms with E-state index in [-0.39, 0.29) is 18.1 Å². The number of aliphatic hydroxyl groups is 1. The lowest BCUT2D eigenvalue weighted by Gasteiger charge is -2.42. The fraction of sp³-hybridized carbons (Fsp3) is 0.667. The lowest BCUT2D eigenvalue weighted by molar-refractivity contribution is -0.126. The Morgan fingerprint density at radius 3 is 2.36 bits per heavy atom. The van der Waals surface area contributed by atoms with Crippen LogP contribution in [0, 0.1) is 0 Å². The zero-order valence-electron chi connectivity index (χ0n) is 15.6. The van der Waals surface area contributed by atoms with Gasteiger partial charge in [0, 0.05) is 25.2 Å². The summed E-state index contributed by atoms with van der Waals surface area (Å²) in [6.45, 7) is 5.92. The van der Waals surface area contributed by atoms with Crippen LogP contribution >= 0.6 is 0 Å². The number of carbonyl (C=O) groups excluding carboxylic acids is 1. The van der Waals surface area contributed by atoms with Gasteiger partial charge in [-0.15, -0.1) is 0 Å². The van der Waals surface area contributed by atoms with E-state index in [9.17, 15) is 9.90 Å². The second-order valence-corrected chi connectivity index (χ2v) is 8.19. The molecule has 0 aromatic heterocycles. The van der Waals surface area contributed by atoms with Gasteiger partial charge in [-0.2, -0.15) is 0 Å². The second kappa shape index (κ2) is 7.88. The molecule has 0 bridgehead atoms. The van der Waals surface area contributed by atoms with Gasteiger partial charge in [0.2, 0.25) is 5.91 Å². The first-order valence-electron chi connectivity index (χ1n) is 9.77. The van der Waals surface area contributed by atoms with Gasteiger partial charge in [-0.1, -0.05) is 43.2 Å². The topological polar surface area (TPSA) is 52.6 Å². The summed E-state index contributed by atoms with van der Waals surface area (Å²) >= 11 is 0. The lowest BCUT2D eigenvalue weighted by Crippen LogP contribution is -2.53. The van der Waals surface area contributed by atoms with E-state index in [1.807, 2.05) is 44.2 Å². The van der Waals surface area contributed by atoms with Gasteiger partial charge in [0.15, 0.2) is 0 Å². The number of likely N-dealkylation sites (tertiary alicyclic amines) is 1. The Morgan fingerprint density at radius 1 is 1.08 bits per heavy atom. The van der Waals surface area contributed by atoms with Crippen LogP contribution in [-0.4, -0.2) is 47.2 Å². The van der Waals surface area contributed by atoms with Crippen molar-refractivity contribution in [2.24, 2.45) is 0 Å². The van der Waals surface area contributed by atoms with Crippen LogP contribution in [0.2, 0.25) is 0 Å². The SMILES string of the molecule is CC(C)(C(=O)NC1CCN(C2CCCCC2O)CC1)c1ccccc1. The van der Waals surface area contributed by atoms with E-state index >= 15 is 0 Å². The quantitative estimate of drug-likeness (QED) is 0.883. The normalized spacial score (nSPS) is 26.4. The minimum Gasteiger partial charge on any atom is -0.391 e. The van der Waals surface area contributed by atoms with Gasteiger partial charge in [0.05, 0.1) is 11.5 Å². The largest absolute Gasteiger partial charge is 0.391 e. The molecule has 2 N–H and O–H groups in total. The minimum atomic E-state index is -0.516.